The molecule has 0 aromatic heterocycles. The first kappa shape index (κ1) is 21.2. The molecule has 3 amide bonds. The van der Waals surface area contributed by atoms with Gasteiger partial charge in [0.05, 0.1) is 22.5 Å². The monoisotopic (exact) mass is 451 g/mol. The Hall–Kier alpha value is -2.70. The lowest BCUT2D eigenvalue weighted by atomic mass is 9.75. The fraction of sp³-hybridized carbons (Fsp3) is 0.400. The minimum absolute atomic E-state index is 0.0600. The van der Waals surface area contributed by atoms with E-state index in [1.165, 1.54) is 4.90 Å². The molecule has 2 aromatic carbocycles. The van der Waals surface area contributed by atoms with Gasteiger partial charge in [0.1, 0.15) is 5.54 Å². The van der Waals surface area contributed by atoms with E-state index in [-0.39, 0.29) is 29.7 Å². The lowest BCUT2D eigenvalue weighted by Gasteiger charge is -2.30. The quantitative estimate of drug-likeness (QED) is 0.699. The number of imide groups is 1. The number of carbonyl (C=O) groups excluding carboxylic acids is 3. The molecule has 3 heterocycles. The third-order valence-corrected chi connectivity index (χ3v) is 7.43. The highest BCUT2D eigenvalue weighted by Crippen LogP contribution is 2.55. The summed E-state index contributed by atoms with van der Waals surface area (Å²) in [6.45, 7) is 6.23. The molecule has 0 bridgehead atoms. The molecule has 32 heavy (non-hydrogen) atoms. The van der Waals surface area contributed by atoms with E-state index in [0.29, 0.717) is 29.2 Å². The van der Waals surface area contributed by atoms with Crippen LogP contribution in [0.1, 0.15) is 30.5 Å². The second kappa shape index (κ2) is 7.42. The number of halogens is 1. The molecule has 1 spiro atoms. The highest BCUT2D eigenvalue weighted by atomic mass is 35.5. The molecule has 0 radical (unpaired) electrons. The Kier molecular flexibility index (Phi) is 4.91. The largest absolute Gasteiger partial charge is 0.323 e. The number of nitrogens with one attached hydrogen (secondary N) is 2. The highest BCUT2D eigenvalue weighted by Gasteiger charge is 2.70. The van der Waals surface area contributed by atoms with Crippen LogP contribution in [0.2, 0.25) is 5.02 Å². The van der Waals surface area contributed by atoms with Crippen LogP contribution in [-0.4, -0.2) is 35.2 Å². The molecule has 0 aliphatic carbocycles. The predicted molar refractivity (Wildman–Crippen MR) is 122 cm³/mol. The van der Waals surface area contributed by atoms with Crippen molar-refractivity contribution in [1.82, 2.24) is 10.2 Å². The molecule has 0 unspecified atom stereocenters. The van der Waals surface area contributed by atoms with E-state index in [0.717, 1.165) is 11.1 Å². The van der Waals surface area contributed by atoms with Gasteiger partial charge in [0, 0.05) is 18.2 Å². The molecule has 3 aliphatic rings. The number of amides is 3. The molecule has 3 aliphatic heterocycles. The number of anilines is 1. The fourth-order valence-electron chi connectivity index (χ4n) is 5.66. The molecule has 2 saturated heterocycles. The Morgan fingerprint density at radius 1 is 1.09 bits per heavy atom. The predicted octanol–water partition coefficient (Wildman–Crippen LogP) is 3.27. The van der Waals surface area contributed by atoms with Gasteiger partial charge >= 0.3 is 0 Å². The Morgan fingerprint density at radius 3 is 2.50 bits per heavy atom. The van der Waals surface area contributed by atoms with Crippen LogP contribution >= 0.6 is 11.6 Å². The summed E-state index contributed by atoms with van der Waals surface area (Å²) in [5.41, 5.74) is 1.86. The van der Waals surface area contributed by atoms with Gasteiger partial charge in [0.15, 0.2) is 0 Å². The Balaban J connectivity index is 1.58. The van der Waals surface area contributed by atoms with E-state index < -0.39 is 17.4 Å². The van der Waals surface area contributed by atoms with Crippen molar-refractivity contribution in [2.45, 2.75) is 38.8 Å². The van der Waals surface area contributed by atoms with Crippen molar-refractivity contribution in [3.05, 3.63) is 64.2 Å². The molecule has 7 heteroatoms. The SMILES string of the molecule is Cc1cc(Cl)c2c(c1)[C@@]1(N[C@@H](C(C)C)[C@H]3C(=O)N(CCc4ccccc4)C(=O)[C@H]31)C(=O)N2. The summed E-state index contributed by atoms with van der Waals surface area (Å²) >= 11 is 6.45. The van der Waals surface area contributed by atoms with E-state index in [9.17, 15) is 14.4 Å². The van der Waals surface area contributed by atoms with Crippen molar-refractivity contribution in [3.63, 3.8) is 0 Å². The molecule has 0 saturated carbocycles. The normalized spacial score (nSPS) is 28.6. The molecule has 2 aromatic rings. The molecule has 2 fully saturated rings. The van der Waals surface area contributed by atoms with Crippen LogP contribution < -0.4 is 10.6 Å². The number of carbonyl (C=O) groups is 3. The minimum Gasteiger partial charge on any atom is -0.323 e. The number of hydrogen-bond acceptors (Lipinski definition) is 4. The summed E-state index contributed by atoms with van der Waals surface area (Å²) in [6, 6.07) is 13.2. The number of rotatable bonds is 4. The van der Waals surface area contributed by atoms with Crippen molar-refractivity contribution in [1.29, 1.82) is 0 Å². The number of aryl methyl sites for hydroxylation is 1. The third kappa shape index (κ3) is 2.86. The first-order valence-corrected chi connectivity index (χ1v) is 11.4. The van der Waals surface area contributed by atoms with Gasteiger partial charge in [-0.15, -0.1) is 0 Å². The van der Waals surface area contributed by atoms with Crippen LogP contribution in [0.4, 0.5) is 5.69 Å². The van der Waals surface area contributed by atoms with Crippen LogP contribution in [0.3, 0.4) is 0 Å². The molecule has 6 nitrogen and oxygen atoms in total. The number of hydrogen-bond donors (Lipinski definition) is 2. The van der Waals surface area contributed by atoms with Crippen LogP contribution in [0.15, 0.2) is 42.5 Å². The van der Waals surface area contributed by atoms with Gasteiger partial charge < -0.3 is 5.32 Å². The second-order valence-electron chi connectivity index (χ2n) is 9.41. The molecule has 2 N–H and O–H groups in total. The molecule has 5 rings (SSSR count). The van der Waals surface area contributed by atoms with Crippen LogP contribution in [0.5, 0.6) is 0 Å². The summed E-state index contributed by atoms with van der Waals surface area (Å²) in [5.74, 6) is -2.12. The maximum atomic E-state index is 13.7. The minimum atomic E-state index is -1.29. The maximum Gasteiger partial charge on any atom is 0.250 e. The Bertz CT molecular complexity index is 1130. The lowest BCUT2D eigenvalue weighted by Crippen LogP contribution is -2.54. The first-order valence-electron chi connectivity index (χ1n) is 11.0. The highest BCUT2D eigenvalue weighted by molar-refractivity contribution is 6.35. The standard InChI is InChI=1S/C25H26ClN3O3/c1-13(2)20-18-19(23(31)29(22(18)30)10-9-15-7-5-4-6-8-15)25(28-20)16-11-14(3)12-17(26)21(16)27-24(25)32/h4-8,11-13,18-20,28H,9-10H2,1-3H3,(H,27,32)/t18-,19-,20-,25-/m0/s1. The van der Waals surface area contributed by atoms with Gasteiger partial charge in [-0.2, -0.15) is 0 Å². The average molecular weight is 452 g/mol. The zero-order chi connectivity index (χ0) is 22.8. The molecule has 4 atom stereocenters. The Morgan fingerprint density at radius 2 is 1.81 bits per heavy atom. The molecule has 166 valence electrons. The molecular formula is C25H26ClN3O3. The van der Waals surface area contributed by atoms with Crippen molar-refractivity contribution in [3.8, 4) is 0 Å². The smallest absolute Gasteiger partial charge is 0.250 e. The Labute approximate surface area is 192 Å². The zero-order valence-corrected chi connectivity index (χ0v) is 19.1. The van der Waals surface area contributed by atoms with Crippen LogP contribution in [0.25, 0.3) is 0 Å². The number of likely N-dealkylation sites (tertiary alicyclic amines) is 1. The van der Waals surface area contributed by atoms with E-state index in [1.54, 1.807) is 6.07 Å². The number of benzene rings is 2. The van der Waals surface area contributed by atoms with E-state index in [1.807, 2.05) is 57.2 Å². The zero-order valence-electron chi connectivity index (χ0n) is 18.3. The third-order valence-electron chi connectivity index (χ3n) is 7.13. The average Bonchev–Trinajstić information content (AvgIpc) is 3.34. The summed E-state index contributed by atoms with van der Waals surface area (Å²) in [5, 5.41) is 6.77. The van der Waals surface area contributed by atoms with Crippen molar-refractivity contribution in [2.75, 3.05) is 11.9 Å². The molecular weight excluding hydrogens is 426 g/mol. The topological polar surface area (TPSA) is 78.5 Å². The van der Waals surface area contributed by atoms with Crippen molar-refractivity contribution in [2.24, 2.45) is 17.8 Å². The summed E-state index contributed by atoms with van der Waals surface area (Å²) in [6.07, 6.45) is 0.582. The summed E-state index contributed by atoms with van der Waals surface area (Å²) in [7, 11) is 0. The van der Waals surface area contributed by atoms with E-state index >= 15 is 0 Å². The van der Waals surface area contributed by atoms with Gasteiger partial charge in [-0.25, -0.2) is 0 Å². The number of nitrogens with zero attached hydrogens (tertiary/aromatic N) is 1. The maximum absolute atomic E-state index is 13.7. The summed E-state index contributed by atoms with van der Waals surface area (Å²) < 4.78 is 0. The first-order chi connectivity index (χ1) is 15.3. The van der Waals surface area contributed by atoms with Gasteiger partial charge in [-0.1, -0.05) is 61.8 Å². The van der Waals surface area contributed by atoms with E-state index in [4.69, 9.17) is 11.6 Å². The number of fused-ring (bicyclic) bond motifs is 4. The van der Waals surface area contributed by atoms with Gasteiger partial charge in [-0.3, -0.25) is 24.6 Å². The van der Waals surface area contributed by atoms with Crippen molar-refractivity contribution >= 4 is 35.0 Å². The van der Waals surface area contributed by atoms with Gasteiger partial charge in [0.2, 0.25) is 17.7 Å². The van der Waals surface area contributed by atoms with Gasteiger partial charge in [0.25, 0.3) is 0 Å². The van der Waals surface area contributed by atoms with Crippen LogP contribution in [-0.2, 0) is 26.3 Å². The van der Waals surface area contributed by atoms with Gasteiger partial charge in [-0.05, 0) is 36.5 Å². The lowest BCUT2D eigenvalue weighted by molar-refractivity contribution is -0.142. The second-order valence-corrected chi connectivity index (χ2v) is 9.82. The van der Waals surface area contributed by atoms with E-state index in [2.05, 4.69) is 10.6 Å². The van der Waals surface area contributed by atoms with Crippen LogP contribution in [0, 0.1) is 24.7 Å². The summed E-state index contributed by atoms with van der Waals surface area (Å²) in [4.78, 5) is 42.1. The van der Waals surface area contributed by atoms with Crippen molar-refractivity contribution < 1.29 is 14.4 Å². The fourth-order valence-corrected chi connectivity index (χ4v) is 5.99.